The van der Waals surface area contributed by atoms with Crippen molar-refractivity contribution in [3.05, 3.63) is 69.2 Å². The highest BCUT2D eigenvalue weighted by Crippen LogP contribution is 2.22. The Bertz CT molecular complexity index is 746. The SMILES string of the molecule is Cc1ccc(CCC(=O)NCCNC(=O)c2ccc(Cl)c(Cl)c2)cc1. The summed E-state index contributed by atoms with van der Waals surface area (Å²) in [7, 11) is 0. The molecule has 0 radical (unpaired) electrons. The molecule has 2 rings (SSSR count). The lowest BCUT2D eigenvalue weighted by Crippen LogP contribution is -2.34. The van der Waals surface area contributed by atoms with Gasteiger partial charge in [-0.2, -0.15) is 0 Å². The molecule has 0 unspecified atom stereocenters. The number of nitrogens with one attached hydrogen (secondary N) is 2. The van der Waals surface area contributed by atoms with Crippen LogP contribution in [-0.4, -0.2) is 24.9 Å². The lowest BCUT2D eigenvalue weighted by molar-refractivity contribution is -0.121. The first-order valence-electron chi connectivity index (χ1n) is 8.01. The maximum Gasteiger partial charge on any atom is 0.251 e. The normalized spacial score (nSPS) is 10.4. The molecule has 0 aromatic heterocycles. The maximum atomic E-state index is 12.0. The molecule has 2 aromatic carbocycles. The molecule has 0 atom stereocenters. The number of hydrogen-bond donors (Lipinski definition) is 2. The van der Waals surface area contributed by atoms with Gasteiger partial charge in [-0.05, 0) is 37.1 Å². The van der Waals surface area contributed by atoms with Crippen LogP contribution in [0.2, 0.25) is 10.0 Å². The quantitative estimate of drug-likeness (QED) is 0.720. The van der Waals surface area contributed by atoms with E-state index in [1.807, 2.05) is 31.2 Å². The number of hydrogen-bond acceptors (Lipinski definition) is 2. The van der Waals surface area contributed by atoms with Crippen molar-refractivity contribution < 1.29 is 9.59 Å². The molecule has 132 valence electrons. The van der Waals surface area contributed by atoms with E-state index < -0.39 is 0 Å². The summed E-state index contributed by atoms with van der Waals surface area (Å²) in [6.07, 6.45) is 1.12. The average molecular weight is 379 g/mol. The van der Waals surface area contributed by atoms with E-state index in [-0.39, 0.29) is 11.8 Å². The Hall–Kier alpha value is -2.04. The smallest absolute Gasteiger partial charge is 0.251 e. The minimum Gasteiger partial charge on any atom is -0.354 e. The molecule has 0 aliphatic carbocycles. The molecule has 6 heteroatoms. The van der Waals surface area contributed by atoms with Crippen molar-refractivity contribution in [2.45, 2.75) is 19.8 Å². The number of rotatable bonds is 7. The van der Waals surface area contributed by atoms with Crippen LogP contribution in [0.4, 0.5) is 0 Å². The van der Waals surface area contributed by atoms with Crippen molar-refractivity contribution >= 4 is 35.0 Å². The zero-order valence-electron chi connectivity index (χ0n) is 13.9. The van der Waals surface area contributed by atoms with Gasteiger partial charge < -0.3 is 10.6 Å². The number of aryl methyl sites for hydroxylation is 2. The zero-order chi connectivity index (χ0) is 18.2. The Morgan fingerprint density at radius 1 is 0.920 bits per heavy atom. The summed E-state index contributed by atoms with van der Waals surface area (Å²) >= 11 is 11.7. The lowest BCUT2D eigenvalue weighted by atomic mass is 10.1. The molecular weight excluding hydrogens is 359 g/mol. The molecule has 0 spiro atoms. The molecule has 2 amide bonds. The van der Waals surface area contributed by atoms with E-state index in [4.69, 9.17) is 23.2 Å². The van der Waals surface area contributed by atoms with Crippen LogP contribution >= 0.6 is 23.2 Å². The van der Waals surface area contributed by atoms with Crippen LogP contribution in [0, 0.1) is 6.92 Å². The Labute approximate surface area is 157 Å². The summed E-state index contributed by atoms with van der Waals surface area (Å²) in [5, 5.41) is 6.25. The average Bonchev–Trinajstić information content (AvgIpc) is 2.60. The zero-order valence-corrected chi connectivity index (χ0v) is 15.5. The van der Waals surface area contributed by atoms with Crippen LogP contribution in [0.5, 0.6) is 0 Å². The van der Waals surface area contributed by atoms with Gasteiger partial charge in [-0.15, -0.1) is 0 Å². The highest BCUT2D eigenvalue weighted by atomic mass is 35.5. The third kappa shape index (κ3) is 6.40. The highest BCUT2D eigenvalue weighted by molar-refractivity contribution is 6.42. The molecule has 0 aliphatic heterocycles. The Kier molecular flexibility index (Phi) is 7.29. The fraction of sp³-hybridized carbons (Fsp3) is 0.263. The first-order valence-corrected chi connectivity index (χ1v) is 8.77. The molecule has 4 nitrogen and oxygen atoms in total. The Morgan fingerprint density at radius 2 is 1.60 bits per heavy atom. The second-order valence-electron chi connectivity index (χ2n) is 5.72. The van der Waals surface area contributed by atoms with Gasteiger partial charge in [0.25, 0.3) is 5.91 Å². The Balaban J connectivity index is 1.66. The molecule has 0 aliphatic rings. The first kappa shape index (κ1) is 19.3. The predicted octanol–water partition coefficient (Wildman–Crippen LogP) is 3.78. The minimum absolute atomic E-state index is 0.0376. The maximum absolute atomic E-state index is 12.0. The summed E-state index contributed by atoms with van der Waals surface area (Å²) in [5.74, 6) is -0.295. The second-order valence-corrected chi connectivity index (χ2v) is 6.53. The number of halogens is 2. The van der Waals surface area contributed by atoms with Crippen molar-refractivity contribution in [2.24, 2.45) is 0 Å². The molecule has 0 heterocycles. The fourth-order valence-electron chi connectivity index (χ4n) is 2.22. The minimum atomic E-state index is -0.257. The van der Waals surface area contributed by atoms with Crippen molar-refractivity contribution in [2.75, 3.05) is 13.1 Å². The van der Waals surface area contributed by atoms with E-state index in [1.165, 1.54) is 11.6 Å². The van der Waals surface area contributed by atoms with Gasteiger partial charge in [-0.3, -0.25) is 9.59 Å². The van der Waals surface area contributed by atoms with Crippen LogP contribution in [0.15, 0.2) is 42.5 Å². The van der Waals surface area contributed by atoms with Crippen molar-refractivity contribution in [1.29, 1.82) is 0 Å². The van der Waals surface area contributed by atoms with Gasteiger partial charge >= 0.3 is 0 Å². The predicted molar refractivity (Wildman–Crippen MR) is 101 cm³/mol. The molecule has 2 N–H and O–H groups in total. The molecule has 0 fully saturated rings. The summed E-state index contributed by atoms with van der Waals surface area (Å²) in [6, 6.07) is 12.8. The van der Waals surface area contributed by atoms with Gasteiger partial charge in [0, 0.05) is 25.1 Å². The van der Waals surface area contributed by atoms with Gasteiger partial charge in [-0.25, -0.2) is 0 Å². The summed E-state index contributed by atoms with van der Waals surface area (Å²) in [4.78, 5) is 23.8. The molecule has 2 aromatic rings. The summed E-state index contributed by atoms with van der Waals surface area (Å²) in [6.45, 7) is 2.75. The number of carbonyl (C=O) groups is 2. The van der Waals surface area contributed by atoms with E-state index >= 15 is 0 Å². The van der Waals surface area contributed by atoms with Gasteiger partial charge in [0.1, 0.15) is 0 Å². The summed E-state index contributed by atoms with van der Waals surface area (Å²) in [5.41, 5.74) is 2.76. The Morgan fingerprint density at radius 3 is 2.28 bits per heavy atom. The standard InChI is InChI=1S/C19H20Cl2N2O2/c1-13-2-4-14(5-3-13)6-9-18(24)22-10-11-23-19(25)15-7-8-16(20)17(21)12-15/h2-5,7-8,12H,6,9-11H2,1H3,(H,22,24)(H,23,25). The monoisotopic (exact) mass is 378 g/mol. The molecule has 0 bridgehead atoms. The molecule has 25 heavy (non-hydrogen) atoms. The van der Waals surface area contributed by atoms with Crippen LogP contribution in [0.3, 0.4) is 0 Å². The van der Waals surface area contributed by atoms with E-state index in [2.05, 4.69) is 10.6 Å². The van der Waals surface area contributed by atoms with Crippen LogP contribution in [-0.2, 0) is 11.2 Å². The van der Waals surface area contributed by atoms with Crippen molar-refractivity contribution in [1.82, 2.24) is 10.6 Å². The van der Waals surface area contributed by atoms with E-state index in [0.717, 1.165) is 5.56 Å². The van der Waals surface area contributed by atoms with Gasteiger partial charge in [0.05, 0.1) is 10.0 Å². The first-order chi connectivity index (χ1) is 12.0. The topological polar surface area (TPSA) is 58.2 Å². The van der Waals surface area contributed by atoms with Crippen LogP contribution in [0.1, 0.15) is 27.9 Å². The number of carbonyl (C=O) groups excluding carboxylic acids is 2. The van der Waals surface area contributed by atoms with Gasteiger partial charge in [0.2, 0.25) is 5.91 Å². The van der Waals surface area contributed by atoms with Gasteiger partial charge in [-0.1, -0.05) is 53.0 Å². The highest BCUT2D eigenvalue weighted by Gasteiger charge is 2.08. The molecule has 0 saturated carbocycles. The molecule has 0 saturated heterocycles. The fourth-order valence-corrected chi connectivity index (χ4v) is 2.52. The van der Waals surface area contributed by atoms with E-state index in [0.29, 0.717) is 41.5 Å². The number of benzene rings is 2. The third-order valence-corrected chi connectivity index (χ3v) is 4.41. The van der Waals surface area contributed by atoms with E-state index in [9.17, 15) is 9.59 Å². The van der Waals surface area contributed by atoms with Gasteiger partial charge in [0.15, 0.2) is 0 Å². The summed E-state index contributed by atoms with van der Waals surface area (Å²) < 4.78 is 0. The number of amides is 2. The lowest BCUT2D eigenvalue weighted by Gasteiger charge is -2.08. The van der Waals surface area contributed by atoms with E-state index in [1.54, 1.807) is 12.1 Å². The third-order valence-electron chi connectivity index (χ3n) is 3.68. The van der Waals surface area contributed by atoms with Crippen LogP contribution < -0.4 is 10.6 Å². The van der Waals surface area contributed by atoms with Crippen molar-refractivity contribution in [3.63, 3.8) is 0 Å². The van der Waals surface area contributed by atoms with Crippen LogP contribution in [0.25, 0.3) is 0 Å². The largest absolute Gasteiger partial charge is 0.354 e. The second kappa shape index (κ2) is 9.44. The van der Waals surface area contributed by atoms with Crippen molar-refractivity contribution in [3.8, 4) is 0 Å². The molecular formula is C19H20Cl2N2O2.